The lowest BCUT2D eigenvalue weighted by Gasteiger charge is -2.30. The summed E-state index contributed by atoms with van der Waals surface area (Å²) >= 11 is 0. The number of carbonyl (C=O) groups is 1. The summed E-state index contributed by atoms with van der Waals surface area (Å²) in [6, 6.07) is 14.5. The van der Waals surface area contributed by atoms with Crippen molar-refractivity contribution < 1.29 is 13.2 Å². The summed E-state index contributed by atoms with van der Waals surface area (Å²) in [5.74, 6) is -0.288. The van der Waals surface area contributed by atoms with Gasteiger partial charge in [0.15, 0.2) is 0 Å². The van der Waals surface area contributed by atoms with Crippen LogP contribution in [0.15, 0.2) is 48.5 Å². The van der Waals surface area contributed by atoms with E-state index < -0.39 is 16.1 Å². The van der Waals surface area contributed by atoms with Gasteiger partial charge >= 0.3 is 0 Å². The number of nitrogens with zero attached hydrogens (tertiary/aromatic N) is 2. The maximum absolute atomic E-state index is 13.1. The van der Waals surface area contributed by atoms with Gasteiger partial charge in [-0.3, -0.25) is 14.0 Å². The van der Waals surface area contributed by atoms with Crippen LogP contribution in [0.3, 0.4) is 0 Å². The van der Waals surface area contributed by atoms with Gasteiger partial charge < -0.3 is 5.32 Å². The predicted molar refractivity (Wildman–Crippen MR) is 125 cm³/mol. The van der Waals surface area contributed by atoms with Crippen LogP contribution in [0.5, 0.6) is 0 Å². The van der Waals surface area contributed by atoms with Gasteiger partial charge in [0.2, 0.25) is 15.9 Å². The smallest absolute Gasteiger partial charge is 0.244 e. The Morgan fingerprint density at radius 3 is 2.26 bits per heavy atom. The number of aryl methyl sites for hydroxylation is 1. The molecule has 1 aliphatic rings. The minimum Gasteiger partial charge on any atom is -0.350 e. The van der Waals surface area contributed by atoms with Gasteiger partial charge in [0, 0.05) is 13.1 Å². The lowest BCUT2D eigenvalue weighted by Crippen LogP contribution is -2.49. The van der Waals surface area contributed by atoms with Crippen molar-refractivity contribution in [3.05, 3.63) is 65.2 Å². The van der Waals surface area contributed by atoms with Crippen molar-refractivity contribution in [2.24, 2.45) is 0 Å². The monoisotopic (exact) mass is 443 g/mol. The van der Waals surface area contributed by atoms with Crippen molar-refractivity contribution in [2.75, 3.05) is 23.7 Å². The van der Waals surface area contributed by atoms with Gasteiger partial charge in [-0.2, -0.15) is 0 Å². The molecule has 0 spiro atoms. The van der Waals surface area contributed by atoms with Crippen LogP contribution >= 0.6 is 0 Å². The van der Waals surface area contributed by atoms with E-state index in [9.17, 15) is 13.2 Å². The lowest BCUT2D eigenvalue weighted by atomic mass is 10.1. The van der Waals surface area contributed by atoms with Crippen molar-refractivity contribution in [1.82, 2.24) is 10.2 Å². The molecule has 31 heavy (non-hydrogen) atoms. The third kappa shape index (κ3) is 6.08. The zero-order chi connectivity index (χ0) is 22.4. The Balaban J connectivity index is 1.75. The summed E-state index contributed by atoms with van der Waals surface area (Å²) in [6.07, 6.45) is 3.99. The molecule has 0 unspecified atom stereocenters. The molecule has 1 saturated heterocycles. The third-order valence-electron chi connectivity index (χ3n) is 5.78. The number of benzene rings is 2. The topological polar surface area (TPSA) is 69.7 Å². The molecule has 1 N–H and O–H groups in total. The number of sulfonamides is 1. The van der Waals surface area contributed by atoms with Crippen LogP contribution in [-0.4, -0.2) is 44.6 Å². The van der Waals surface area contributed by atoms with E-state index in [1.54, 1.807) is 12.1 Å². The van der Waals surface area contributed by atoms with E-state index in [0.717, 1.165) is 37.0 Å². The first-order valence-electron chi connectivity index (χ1n) is 10.9. The van der Waals surface area contributed by atoms with Gasteiger partial charge in [0.25, 0.3) is 0 Å². The molecule has 6 nitrogen and oxygen atoms in total. The van der Waals surface area contributed by atoms with Gasteiger partial charge in [-0.25, -0.2) is 8.42 Å². The van der Waals surface area contributed by atoms with Gasteiger partial charge in [-0.15, -0.1) is 0 Å². The van der Waals surface area contributed by atoms with Crippen molar-refractivity contribution >= 4 is 21.6 Å². The molecular formula is C24H33N3O3S. The van der Waals surface area contributed by atoms with Crippen LogP contribution < -0.4 is 9.62 Å². The molecule has 1 amide bonds. The number of anilines is 1. The summed E-state index contributed by atoms with van der Waals surface area (Å²) in [7, 11) is -3.63. The van der Waals surface area contributed by atoms with E-state index in [1.165, 1.54) is 22.7 Å². The van der Waals surface area contributed by atoms with Crippen LogP contribution in [0.2, 0.25) is 0 Å². The zero-order valence-corrected chi connectivity index (χ0v) is 19.5. The molecule has 0 bridgehead atoms. The summed E-state index contributed by atoms with van der Waals surface area (Å²) in [5.41, 5.74) is 3.81. The average Bonchev–Trinajstić information content (AvgIpc) is 3.24. The number of likely N-dealkylation sites (tertiary alicyclic amines) is 1. The van der Waals surface area contributed by atoms with Crippen molar-refractivity contribution in [1.29, 1.82) is 0 Å². The maximum atomic E-state index is 13.1. The van der Waals surface area contributed by atoms with Gasteiger partial charge in [0.1, 0.15) is 6.04 Å². The molecule has 0 aliphatic carbocycles. The van der Waals surface area contributed by atoms with E-state index in [0.29, 0.717) is 18.7 Å². The molecule has 1 heterocycles. The first-order chi connectivity index (χ1) is 14.8. The highest BCUT2D eigenvalue weighted by molar-refractivity contribution is 7.92. The van der Waals surface area contributed by atoms with Crippen LogP contribution in [0.1, 0.15) is 42.9 Å². The quantitative estimate of drug-likeness (QED) is 0.644. The molecule has 168 valence electrons. The molecule has 2 aromatic carbocycles. The molecule has 3 rings (SSSR count). The highest BCUT2D eigenvalue weighted by atomic mass is 32.2. The first kappa shape index (κ1) is 23.3. The number of rotatable bonds is 9. The second-order valence-electron chi connectivity index (χ2n) is 8.29. The summed E-state index contributed by atoms with van der Waals surface area (Å²) in [6.45, 7) is 7.25. The minimum absolute atomic E-state index is 0.288. The van der Waals surface area contributed by atoms with E-state index in [4.69, 9.17) is 0 Å². The fraction of sp³-hybridized carbons (Fsp3) is 0.458. The van der Waals surface area contributed by atoms with Crippen LogP contribution in [0, 0.1) is 6.92 Å². The largest absolute Gasteiger partial charge is 0.350 e. The summed E-state index contributed by atoms with van der Waals surface area (Å²) in [4.78, 5) is 15.5. The van der Waals surface area contributed by atoms with Gasteiger partial charge in [0.05, 0.1) is 11.9 Å². The van der Waals surface area contributed by atoms with Gasteiger partial charge in [-0.1, -0.05) is 48.9 Å². The average molecular weight is 444 g/mol. The molecule has 1 aliphatic heterocycles. The van der Waals surface area contributed by atoms with Crippen LogP contribution in [0.25, 0.3) is 0 Å². The van der Waals surface area contributed by atoms with Crippen LogP contribution in [-0.2, 0) is 27.9 Å². The molecule has 1 atom stereocenters. The van der Waals surface area contributed by atoms with E-state index in [-0.39, 0.29) is 5.91 Å². The molecule has 2 aromatic rings. The Kier molecular flexibility index (Phi) is 7.73. The standard InChI is InChI=1S/C24H33N3O3S/c1-4-23(27(31(3,29)30)22-13-11-19(2)12-14-22)24(28)25-17-20-9-5-6-10-21(20)18-26-15-7-8-16-26/h5-6,9-14,23H,4,7-8,15-18H2,1-3H3,(H,25,28)/t23-/m0/s1. The number of amides is 1. The van der Waals surface area contributed by atoms with Gasteiger partial charge in [-0.05, 0) is 62.5 Å². The van der Waals surface area contributed by atoms with Crippen LogP contribution in [0.4, 0.5) is 5.69 Å². The summed E-state index contributed by atoms with van der Waals surface area (Å²) < 4.78 is 26.4. The number of hydrogen-bond donors (Lipinski definition) is 1. The number of hydrogen-bond acceptors (Lipinski definition) is 4. The van der Waals surface area contributed by atoms with E-state index in [2.05, 4.69) is 16.3 Å². The lowest BCUT2D eigenvalue weighted by molar-refractivity contribution is -0.122. The molecule has 0 aromatic heterocycles. The predicted octanol–water partition coefficient (Wildman–Crippen LogP) is 3.45. The molecule has 0 radical (unpaired) electrons. The highest BCUT2D eigenvalue weighted by Gasteiger charge is 2.31. The minimum atomic E-state index is -3.63. The maximum Gasteiger partial charge on any atom is 0.244 e. The fourth-order valence-corrected chi connectivity index (χ4v) is 5.33. The second kappa shape index (κ2) is 10.3. The van der Waals surface area contributed by atoms with Crippen molar-refractivity contribution in [3.63, 3.8) is 0 Å². The van der Waals surface area contributed by atoms with Crippen molar-refractivity contribution in [3.8, 4) is 0 Å². The Labute approximate surface area is 186 Å². The van der Waals surface area contributed by atoms with E-state index >= 15 is 0 Å². The molecule has 0 saturated carbocycles. The highest BCUT2D eigenvalue weighted by Crippen LogP contribution is 2.23. The Morgan fingerprint density at radius 1 is 1.06 bits per heavy atom. The Bertz CT molecular complexity index is 983. The number of nitrogens with one attached hydrogen (secondary N) is 1. The molecular weight excluding hydrogens is 410 g/mol. The Morgan fingerprint density at radius 2 is 1.68 bits per heavy atom. The second-order valence-corrected chi connectivity index (χ2v) is 10.1. The number of carbonyl (C=O) groups excluding carboxylic acids is 1. The SMILES string of the molecule is CC[C@@H](C(=O)NCc1ccccc1CN1CCCC1)N(c1ccc(C)cc1)S(C)(=O)=O. The normalized spacial score (nSPS) is 15.6. The third-order valence-corrected chi connectivity index (χ3v) is 6.96. The molecule has 7 heteroatoms. The van der Waals surface area contributed by atoms with E-state index in [1.807, 2.05) is 44.2 Å². The Hall–Kier alpha value is -2.38. The van der Waals surface area contributed by atoms with Crippen molar-refractivity contribution in [2.45, 2.75) is 52.2 Å². The fourth-order valence-electron chi connectivity index (χ4n) is 4.12. The molecule has 1 fully saturated rings. The summed E-state index contributed by atoms with van der Waals surface area (Å²) in [5, 5.41) is 2.99. The first-order valence-corrected chi connectivity index (χ1v) is 12.8. The zero-order valence-electron chi connectivity index (χ0n) is 18.7.